The first kappa shape index (κ1) is 25.1. The van der Waals surface area contributed by atoms with E-state index in [1.54, 1.807) is 11.8 Å². The van der Waals surface area contributed by atoms with Gasteiger partial charge in [0.05, 0.1) is 23.8 Å². The summed E-state index contributed by atoms with van der Waals surface area (Å²) < 4.78 is 72.2. The number of benzene rings is 2. The maximum atomic E-state index is 12.8. The third-order valence-corrected chi connectivity index (χ3v) is 7.83. The van der Waals surface area contributed by atoms with E-state index in [-0.39, 0.29) is 18.0 Å². The van der Waals surface area contributed by atoms with Gasteiger partial charge in [-0.05, 0) is 42.8 Å². The predicted octanol–water partition coefficient (Wildman–Crippen LogP) is 3.37. The number of sulfonamides is 1. The molecule has 1 fully saturated rings. The van der Waals surface area contributed by atoms with Crippen LogP contribution in [0.25, 0.3) is 11.3 Å². The van der Waals surface area contributed by atoms with E-state index in [9.17, 15) is 21.6 Å². The molecular weight excluding hydrogens is 483 g/mol. The van der Waals surface area contributed by atoms with Crippen LogP contribution in [0.3, 0.4) is 0 Å². The van der Waals surface area contributed by atoms with Crippen LogP contribution in [-0.2, 0) is 22.7 Å². The second-order valence-electron chi connectivity index (χ2n) is 8.22. The molecule has 1 aromatic heterocycles. The molecule has 1 aliphatic rings. The lowest BCUT2D eigenvalue weighted by atomic mass is 10.1. The zero-order valence-corrected chi connectivity index (χ0v) is 20.0. The van der Waals surface area contributed by atoms with Crippen LogP contribution in [0.2, 0.25) is 0 Å². The molecule has 0 amide bonds. The minimum absolute atomic E-state index is 0.128. The fraction of sp³-hybridized carbons (Fsp3) is 0.391. The SMILES string of the molecule is COc1cccc(-c2cn(CCCN3CCN(S(=O)(=O)c4ccc(C(F)(F)F)cc4)CC3)nn2)c1. The van der Waals surface area contributed by atoms with Gasteiger partial charge in [-0.15, -0.1) is 5.10 Å². The molecule has 2 heterocycles. The Morgan fingerprint density at radius 3 is 2.37 bits per heavy atom. The Morgan fingerprint density at radius 1 is 1.00 bits per heavy atom. The van der Waals surface area contributed by atoms with Gasteiger partial charge in [0.25, 0.3) is 0 Å². The largest absolute Gasteiger partial charge is 0.497 e. The van der Waals surface area contributed by atoms with Crippen molar-refractivity contribution in [1.82, 2.24) is 24.2 Å². The molecule has 0 spiro atoms. The normalized spacial score (nSPS) is 15.9. The van der Waals surface area contributed by atoms with Crippen LogP contribution >= 0.6 is 0 Å². The minimum Gasteiger partial charge on any atom is -0.497 e. The fourth-order valence-corrected chi connectivity index (χ4v) is 5.36. The number of hydrogen-bond donors (Lipinski definition) is 0. The molecule has 12 heteroatoms. The van der Waals surface area contributed by atoms with Gasteiger partial charge < -0.3 is 9.64 Å². The van der Waals surface area contributed by atoms with Crippen molar-refractivity contribution < 1.29 is 26.3 Å². The quantitative estimate of drug-likeness (QED) is 0.463. The van der Waals surface area contributed by atoms with Crippen molar-refractivity contribution in [3.05, 3.63) is 60.3 Å². The number of aromatic nitrogens is 3. The number of ether oxygens (including phenoxy) is 1. The van der Waals surface area contributed by atoms with Crippen molar-refractivity contribution in [2.45, 2.75) is 24.0 Å². The van der Waals surface area contributed by atoms with Gasteiger partial charge in [-0.1, -0.05) is 17.3 Å². The highest BCUT2D eigenvalue weighted by molar-refractivity contribution is 7.89. The Balaban J connectivity index is 1.26. The lowest BCUT2D eigenvalue weighted by Gasteiger charge is -2.34. The minimum atomic E-state index is -4.50. The Hall–Kier alpha value is -2.96. The topological polar surface area (TPSA) is 80.6 Å². The summed E-state index contributed by atoms with van der Waals surface area (Å²) in [6.45, 7) is 3.10. The smallest absolute Gasteiger partial charge is 0.416 e. The van der Waals surface area contributed by atoms with E-state index in [0.29, 0.717) is 19.6 Å². The van der Waals surface area contributed by atoms with E-state index in [1.165, 1.54) is 4.31 Å². The Labute approximate surface area is 202 Å². The van der Waals surface area contributed by atoms with Crippen LogP contribution < -0.4 is 4.74 Å². The summed E-state index contributed by atoms with van der Waals surface area (Å²) in [6, 6.07) is 11.2. The number of piperazine rings is 1. The van der Waals surface area contributed by atoms with Crippen LogP contribution in [0.15, 0.2) is 59.6 Å². The lowest BCUT2D eigenvalue weighted by Crippen LogP contribution is -2.48. The van der Waals surface area contributed by atoms with Gasteiger partial charge in [-0.2, -0.15) is 17.5 Å². The maximum absolute atomic E-state index is 12.8. The molecule has 0 radical (unpaired) electrons. The molecule has 0 aliphatic carbocycles. The fourth-order valence-electron chi connectivity index (χ4n) is 3.94. The number of alkyl halides is 3. The van der Waals surface area contributed by atoms with Gasteiger partial charge in [0.2, 0.25) is 10.0 Å². The van der Waals surface area contributed by atoms with Crippen LogP contribution in [0.1, 0.15) is 12.0 Å². The predicted molar refractivity (Wildman–Crippen MR) is 123 cm³/mol. The highest BCUT2D eigenvalue weighted by Crippen LogP contribution is 2.30. The van der Waals surface area contributed by atoms with Crippen molar-refractivity contribution in [2.24, 2.45) is 0 Å². The molecular formula is C23H26F3N5O3S. The summed E-state index contributed by atoms with van der Waals surface area (Å²) in [5.74, 6) is 0.747. The monoisotopic (exact) mass is 509 g/mol. The van der Waals surface area contributed by atoms with Gasteiger partial charge >= 0.3 is 6.18 Å². The molecule has 3 aromatic rings. The molecule has 0 unspecified atom stereocenters. The number of nitrogens with zero attached hydrogens (tertiary/aromatic N) is 5. The van der Waals surface area contributed by atoms with Crippen LogP contribution in [0, 0.1) is 0 Å². The molecule has 1 saturated heterocycles. The second kappa shape index (κ2) is 10.3. The molecule has 0 N–H and O–H groups in total. The Kier molecular flexibility index (Phi) is 7.43. The Morgan fingerprint density at radius 2 is 1.71 bits per heavy atom. The summed E-state index contributed by atoms with van der Waals surface area (Å²) in [5.41, 5.74) is 0.802. The van der Waals surface area contributed by atoms with Crippen molar-refractivity contribution in [1.29, 1.82) is 0 Å². The van der Waals surface area contributed by atoms with E-state index in [1.807, 2.05) is 30.5 Å². The molecule has 4 rings (SSSR count). The van der Waals surface area contributed by atoms with Crippen molar-refractivity contribution in [3.8, 4) is 17.0 Å². The first-order valence-electron chi connectivity index (χ1n) is 11.1. The number of halogens is 3. The summed E-state index contributed by atoms with van der Waals surface area (Å²) in [6.07, 6.45) is -1.81. The number of hydrogen-bond acceptors (Lipinski definition) is 6. The van der Waals surface area contributed by atoms with Crippen molar-refractivity contribution in [2.75, 3.05) is 39.8 Å². The molecule has 0 saturated carbocycles. The van der Waals surface area contributed by atoms with Gasteiger partial charge in [0.15, 0.2) is 0 Å². The van der Waals surface area contributed by atoms with E-state index < -0.39 is 21.8 Å². The molecule has 35 heavy (non-hydrogen) atoms. The molecule has 8 nitrogen and oxygen atoms in total. The number of aryl methyl sites for hydroxylation is 1. The molecule has 0 atom stereocenters. The summed E-state index contributed by atoms with van der Waals surface area (Å²) in [7, 11) is -2.22. The molecule has 188 valence electrons. The molecule has 2 aromatic carbocycles. The standard InChI is InChI=1S/C23H26F3N5O3S/c1-34-20-5-2-4-18(16-20)22-17-30(28-27-22)11-3-10-29-12-14-31(15-13-29)35(32,33)21-8-6-19(7-9-21)23(24,25)26/h2,4-9,16-17H,3,10-15H2,1H3. The average molecular weight is 510 g/mol. The summed E-state index contributed by atoms with van der Waals surface area (Å²) in [5, 5.41) is 8.40. The Bertz CT molecular complexity index is 1240. The van der Waals surface area contributed by atoms with Crippen LogP contribution in [-0.4, -0.2) is 72.5 Å². The molecule has 0 bridgehead atoms. The van der Waals surface area contributed by atoms with Gasteiger partial charge in [-0.3, -0.25) is 4.68 Å². The van der Waals surface area contributed by atoms with Gasteiger partial charge in [0.1, 0.15) is 11.4 Å². The third-order valence-electron chi connectivity index (χ3n) is 5.92. The average Bonchev–Trinajstić information content (AvgIpc) is 3.33. The summed E-state index contributed by atoms with van der Waals surface area (Å²) in [4.78, 5) is 2.04. The van der Waals surface area contributed by atoms with Gasteiger partial charge in [-0.25, -0.2) is 8.42 Å². The molecule has 1 aliphatic heterocycles. The number of methoxy groups -OCH3 is 1. The number of rotatable bonds is 8. The third kappa shape index (κ3) is 6.00. The van der Waals surface area contributed by atoms with E-state index in [4.69, 9.17) is 4.74 Å². The first-order valence-corrected chi connectivity index (χ1v) is 12.5. The summed E-state index contributed by atoms with van der Waals surface area (Å²) >= 11 is 0. The first-order chi connectivity index (χ1) is 16.7. The van der Waals surface area contributed by atoms with E-state index in [2.05, 4.69) is 15.2 Å². The maximum Gasteiger partial charge on any atom is 0.416 e. The highest BCUT2D eigenvalue weighted by atomic mass is 32.2. The van der Waals surface area contributed by atoms with Crippen LogP contribution in [0.5, 0.6) is 5.75 Å². The zero-order valence-electron chi connectivity index (χ0n) is 19.1. The van der Waals surface area contributed by atoms with E-state index >= 15 is 0 Å². The van der Waals surface area contributed by atoms with E-state index in [0.717, 1.165) is 54.2 Å². The zero-order chi connectivity index (χ0) is 25.1. The van der Waals surface area contributed by atoms with Gasteiger partial charge in [0, 0.05) is 44.8 Å². The van der Waals surface area contributed by atoms with Crippen molar-refractivity contribution >= 4 is 10.0 Å². The second-order valence-corrected chi connectivity index (χ2v) is 10.2. The lowest BCUT2D eigenvalue weighted by molar-refractivity contribution is -0.137. The van der Waals surface area contributed by atoms with Crippen LogP contribution in [0.4, 0.5) is 13.2 Å². The van der Waals surface area contributed by atoms with Crippen molar-refractivity contribution in [3.63, 3.8) is 0 Å². The highest BCUT2D eigenvalue weighted by Gasteiger charge is 2.32.